The van der Waals surface area contributed by atoms with E-state index in [1.165, 1.54) is 6.20 Å². The molecule has 2 aromatic heterocycles. The van der Waals surface area contributed by atoms with Gasteiger partial charge in [0.1, 0.15) is 29.4 Å². The number of nitrogens with one attached hydrogen (secondary N) is 1. The third kappa shape index (κ3) is 3.57. The smallest absolute Gasteiger partial charge is 0.349 e. The van der Waals surface area contributed by atoms with Gasteiger partial charge in [-0.1, -0.05) is 0 Å². The number of alkyl halides is 3. The molecule has 0 fully saturated rings. The number of amides is 1. The largest absolute Gasteiger partial charge is 0.433 e. The first-order valence-electron chi connectivity index (χ1n) is 7.75. The number of hydrogen-bond donors (Lipinski definition) is 1. The molecule has 2 aromatic rings. The second kappa shape index (κ2) is 6.34. The number of rotatable bonds is 3. The molecule has 1 N–H and O–H groups in total. The number of carbonyl (C=O) groups excluding carboxylic acids is 1. The molecule has 25 heavy (non-hydrogen) atoms. The van der Waals surface area contributed by atoms with E-state index in [4.69, 9.17) is 0 Å². The van der Waals surface area contributed by atoms with Gasteiger partial charge in [0.25, 0.3) is 5.91 Å². The first-order valence-corrected chi connectivity index (χ1v) is 7.75. The van der Waals surface area contributed by atoms with E-state index in [9.17, 15) is 18.0 Å². The van der Waals surface area contributed by atoms with Crippen LogP contribution in [0, 0.1) is 0 Å². The lowest BCUT2D eigenvalue weighted by molar-refractivity contribution is -0.141. The minimum absolute atomic E-state index is 0.000507. The topological polar surface area (TPSA) is 75.9 Å². The lowest BCUT2D eigenvalue weighted by Gasteiger charge is -2.29. The summed E-state index contributed by atoms with van der Waals surface area (Å²) in [7, 11) is 0. The molecule has 3 rings (SSSR count). The summed E-state index contributed by atoms with van der Waals surface area (Å²) in [6, 6.07) is 0.922. The van der Waals surface area contributed by atoms with Crippen molar-refractivity contribution in [2.45, 2.75) is 39.2 Å². The number of hydrogen-bond acceptors (Lipinski definition) is 5. The molecule has 1 amide bonds. The maximum Gasteiger partial charge on any atom is 0.433 e. The van der Waals surface area contributed by atoms with Gasteiger partial charge in [-0.2, -0.15) is 13.2 Å². The standard InChI is InChI=1S/C15H17F3N6O/c1-9(2)22-14(25)10-6-19-13-7-23(3-4-24(10)13)12-5-11(15(16,17)18)20-8-21-12/h5-6,8-9H,3-4,7H2,1-2H3,(H,22,25). The van der Waals surface area contributed by atoms with Crippen molar-refractivity contribution in [3.05, 3.63) is 35.8 Å². The minimum atomic E-state index is -4.52. The first kappa shape index (κ1) is 17.2. The Hall–Kier alpha value is -2.65. The second-order valence-electron chi connectivity index (χ2n) is 6.02. The van der Waals surface area contributed by atoms with Gasteiger partial charge < -0.3 is 14.8 Å². The van der Waals surface area contributed by atoms with Crippen molar-refractivity contribution in [3.63, 3.8) is 0 Å². The van der Waals surface area contributed by atoms with E-state index in [0.29, 0.717) is 24.6 Å². The summed E-state index contributed by atoms with van der Waals surface area (Å²) < 4.78 is 40.2. The van der Waals surface area contributed by atoms with Crippen molar-refractivity contribution in [2.75, 3.05) is 11.4 Å². The van der Waals surface area contributed by atoms with Gasteiger partial charge in [-0.3, -0.25) is 4.79 Å². The molecule has 10 heteroatoms. The summed E-state index contributed by atoms with van der Waals surface area (Å²) in [5.74, 6) is 0.570. The molecule has 134 valence electrons. The lowest BCUT2D eigenvalue weighted by Crippen LogP contribution is -2.37. The van der Waals surface area contributed by atoms with Gasteiger partial charge in [-0.15, -0.1) is 0 Å². The summed E-state index contributed by atoms with van der Waals surface area (Å²) in [6.07, 6.45) is -2.13. The Morgan fingerprint density at radius 3 is 2.68 bits per heavy atom. The highest BCUT2D eigenvalue weighted by atomic mass is 19.4. The SMILES string of the molecule is CC(C)NC(=O)c1cnc2n1CCN(c1cc(C(F)(F)F)ncn1)C2. The van der Waals surface area contributed by atoms with Crippen molar-refractivity contribution in [1.29, 1.82) is 0 Å². The Kier molecular flexibility index (Phi) is 4.36. The van der Waals surface area contributed by atoms with Crippen molar-refractivity contribution < 1.29 is 18.0 Å². The van der Waals surface area contributed by atoms with Crippen LogP contribution in [0.3, 0.4) is 0 Å². The molecule has 0 aromatic carbocycles. The van der Waals surface area contributed by atoms with E-state index < -0.39 is 11.9 Å². The van der Waals surface area contributed by atoms with Crippen LogP contribution >= 0.6 is 0 Å². The van der Waals surface area contributed by atoms with E-state index in [2.05, 4.69) is 20.3 Å². The zero-order chi connectivity index (χ0) is 18.2. The molecule has 0 radical (unpaired) electrons. The van der Waals surface area contributed by atoms with Gasteiger partial charge in [0.2, 0.25) is 0 Å². The fourth-order valence-electron chi connectivity index (χ4n) is 2.65. The molecule has 0 unspecified atom stereocenters. The highest BCUT2D eigenvalue weighted by Gasteiger charge is 2.33. The molecule has 1 aliphatic heterocycles. The normalized spacial score (nSPS) is 14.6. The quantitative estimate of drug-likeness (QED) is 0.910. The van der Waals surface area contributed by atoms with E-state index in [0.717, 1.165) is 12.4 Å². The van der Waals surface area contributed by atoms with Crippen molar-refractivity contribution in [2.24, 2.45) is 0 Å². The third-order valence-electron chi connectivity index (χ3n) is 3.78. The van der Waals surface area contributed by atoms with Crippen LogP contribution in [0.25, 0.3) is 0 Å². The van der Waals surface area contributed by atoms with Gasteiger partial charge in [0, 0.05) is 25.2 Å². The average Bonchev–Trinajstić information content (AvgIpc) is 2.96. The Labute approximate surface area is 141 Å². The number of halogens is 3. The van der Waals surface area contributed by atoms with Crippen LogP contribution in [-0.4, -0.2) is 38.0 Å². The second-order valence-corrected chi connectivity index (χ2v) is 6.02. The molecule has 0 saturated heterocycles. The summed E-state index contributed by atoms with van der Waals surface area (Å²) in [5.41, 5.74) is -0.537. The summed E-state index contributed by atoms with van der Waals surface area (Å²) in [5, 5.41) is 2.80. The number of imidazole rings is 1. The van der Waals surface area contributed by atoms with Crippen LogP contribution in [0.2, 0.25) is 0 Å². The number of carbonyl (C=O) groups is 1. The number of fused-ring (bicyclic) bond motifs is 1. The maximum absolute atomic E-state index is 12.8. The van der Waals surface area contributed by atoms with Crippen LogP contribution < -0.4 is 10.2 Å². The average molecular weight is 354 g/mol. The van der Waals surface area contributed by atoms with E-state index >= 15 is 0 Å². The number of nitrogens with zero attached hydrogens (tertiary/aromatic N) is 5. The molecule has 0 atom stereocenters. The van der Waals surface area contributed by atoms with Gasteiger partial charge in [0.15, 0.2) is 0 Å². The predicted molar refractivity (Wildman–Crippen MR) is 82.9 cm³/mol. The fourth-order valence-corrected chi connectivity index (χ4v) is 2.65. The Balaban J connectivity index is 1.81. The fraction of sp³-hybridized carbons (Fsp3) is 0.467. The van der Waals surface area contributed by atoms with Crippen molar-refractivity contribution in [3.8, 4) is 0 Å². The molecule has 0 aliphatic carbocycles. The zero-order valence-electron chi connectivity index (χ0n) is 13.7. The molecular formula is C15H17F3N6O. The monoisotopic (exact) mass is 354 g/mol. The van der Waals surface area contributed by atoms with Crippen LogP contribution in [0.1, 0.15) is 35.9 Å². The van der Waals surface area contributed by atoms with Crippen LogP contribution in [0.15, 0.2) is 18.6 Å². The molecular weight excluding hydrogens is 337 g/mol. The molecule has 0 spiro atoms. The van der Waals surface area contributed by atoms with Crippen LogP contribution in [0.5, 0.6) is 0 Å². The Bertz CT molecular complexity index is 786. The first-order chi connectivity index (χ1) is 11.8. The van der Waals surface area contributed by atoms with Gasteiger partial charge in [-0.05, 0) is 13.8 Å². The molecule has 0 saturated carbocycles. The van der Waals surface area contributed by atoms with Gasteiger partial charge >= 0.3 is 6.18 Å². The molecule has 0 bridgehead atoms. The predicted octanol–water partition coefficient (Wildman–Crippen LogP) is 1.85. The van der Waals surface area contributed by atoms with Crippen LogP contribution in [0.4, 0.5) is 19.0 Å². The lowest BCUT2D eigenvalue weighted by atomic mass is 10.3. The van der Waals surface area contributed by atoms with Crippen molar-refractivity contribution in [1.82, 2.24) is 24.8 Å². The summed E-state index contributed by atoms with van der Waals surface area (Å²) >= 11 is 0. The highest BCUT2D eigenvalue weighted by molar-refractivity contribution is 5.92. The molecule has 1 aliphatic rings. The van der Waals surface area contributed by atoms with E-state index in [1.54, 1.807) is 9.47 Å². The number of aromatic nitrogens is 4. The van der Waals surface area contributed by atoms with Crippen LogP contribution in [-0.2, 0) is 19.3 Å². The van der Waals surface area contributed by atoms with E-state index in [-0.39, 0.29) is 24.3 Å². The van der Waals surface area contributed by atoms with Gasteiger partial charge in [0.05, 0.1) is 12.7 Å². The van der Waals surface area contributed by atoms with E-state index in [1.807, 2.05) is 13.8 Å². The van der Waals surface area contributed by atoms with Crippen molar-refractivity contribution >= 4 is 11.7 Å². The Morgan fingerprint density at radius 1 is 1.24 bits per heavy atom. The third-order valence-corrected chi connectivity index (χ3v) is 3.78. The highest BCUT2D eigenvalue weighted by Crippen LogP contribution is 2.29. The number of anilines is 1. The Morgan fingerprint density at radius 2 is 2.00 bits per heavy atom. The maximum atomic E-state index is 12.8. The molecule has 3 heterocycles. The minimum Gasteiger partial charge on any atom is -0.349 e. The summed E-state index contributed by atoms with van der Waals surface area (Å²) in [6.45, 7) is 4.84. The zero-order valence-corrected chi connectivity index (χ0v) is 13.7. The summed E-state index contributed by atoms with van der Waals surface area (Å²) in [4.78, 5) is 25.3. The molecule has 7 nitrogen and oxygen atoms in total. The van der Waals surface area contributed by atoms with Gasteiger partial charge in [-0.25, -0.2) is 15.0 Å².